The van der Waals surface area contributed by atoms with Crippen molar-refractivity contribution in [1.29, 1.82) is 0 Å². The van der Waals surface area contributed by atoms with Gasteiger partial charge >= 0.3 is 0 Å². The third kappa shape index (κ3) is 3.93. The maximum Gasteiger partial charge on any atom is 0.191 e. The summed E-state index contributed by atoms with van der Waals surface area (Å²) in [5.41, 5.74) is 3.05. The zero-order valence-electron chi connectivity index (χ0n) is 16.3. The number of hydrogen-bond donors (Lipinski definition) is 0. The zero-order valence-corrected chi connectivity index (χ0v) is 17.2. The Hall–Kier alpha value is -2.32. The maximum absolute atomic E-state index is 5.87. The average Bonchev–Trinajstić information content (AvgIpc) is 3.43. The topological polar surface area (TPSA) is 75.2 Å². The number of benzene rings is 1. The number of nitrogens with zero attached hydrogens (tertiary/aromatic N) is 4. The lowest BCUT2D eigenvalue weighted by Crippen LogP contribution is -2.16. The molecule has 1 aliphatic heterocycles. The number of hydrogen-bond acceptors (Lipinski definition) is 7. The third-order valence-electron chi connectivity index (χ3n) is 5.00. The van der Waals surface area contributed by atoms with Gasteiger partial charge in [-0.2, -0.15) is 0 Å². The summed E-state index contributed by atoms with van der Waals surface area (Å²) in [6, 6.07) is 7.91. The molecule has 0 radical (unpaired) electrons. The van der Waals surface area contributed by atoms with E-state index >= 15 is 0 Å². The summed E-state index contributed by atoms with van der Waals surface area (Å²) in [6.45, 7) is 5.48. The van der Waals surface area contributed by atoms with Gasteiger partial charge in [0.15, 0.2) is 11.0 Å². The molecule has 1 fully saturated rings. The second-order valence-corrected chi connectivity index (χ2v) is 7.81. The Labute approximate surface area is 168 Å². The van der Waals surface area contributed by atoms with Crippen molar-refractivity contribution in [2.24, 2.45) is 0 Å². The van der Waals surface area contributed by atoms with Crippen LogP contribution in [0.3, 0.4) is 0 Å². The molecule has 7 nitrogen and oxygen atoms in total. The second-order valence-electron chi connectivity index (χ2n) is 6.87. The number of thioether (sulfide) groups is 1. The summed E-state index contributed by atoms with van der Waals surface area (Å²) in [6.07, 6.45) is 2.37. The quantitative estimate of drug-likeness (QED) is 0.554. The lowest BCUT2D eigenvalue weighted by Gasteiger charge is -2.15. The van der Waals surface area contributed by atoms with Crippen molar-refractivity contribution in [3.05, 3.63) is 41.3 Å². The van der Waals surface area contributed by atoms with Gasteiger partial charge in [0.05, 0.1) is 25.5 Å². The first-order valence-electron chi connectivity index (χ1n) is 9.39. The standard InChI is InChI=1S/C20H24N4O3S/c1-13-18(14(2)27-23-13)12-28-20-22-21-19(15-6-8-16(25-3)9-7-15)24(20)11-17-5-4-10-26-17/h6-9,17H,4-5,10-12H2,1-3H3/t17-/m0/s1. The molecule has 0 saturated carbocycles. The van der Waals surface area contributed by atoms with Crippen LogP contribution in [0.5, 0.6) is 5.75 Å². The molecular formula is C20H24N4O3S. The van der Waals surface area contributed by atoms with E-state index in [1.165, 1.54) is 0 Å². The van der Waals surface area contributed by atoms with Crippen LogP contribution in [-0.2, 0) is 17.0 Å². The van der Waals surface area contributed by atoms with Crippen molar-refractivity contribution < 1.29 is 14.0 Å². The Kier molecular flexibility index (Phi) is 5.68. The minimum absolute atomic E-state index is 0.200. The van der Waals surface area contributed by atoms with Gasteiger partial charge in [-0.1, -0.05) is 16.9 Å². The normalized spacial score (nSPS) is 16.6. The first-order chi connectivity index (χ1) is 13.7. The van der Waals surface area contributed by atoms with Gasteiger partial charge in [0.1, 0.15) is 11.5 Å². The van der Waals surface area contributed by atoms with Crippen LogP contribution in [0.15, 0.2) is 33.9 Å². The van der Waals surface area contributed by atoms with Gasteiger partial charge in [-0.3, -0.25) is 4.57 Å². The van der Waals surface area contributed by atoms with Crippen LogP contribution in [0.1, 0.15) is 29.9 Å². The van der Waals surface area contributed by atoms with Crippen molar-refractivity contribution in [2.45, 2.75) is 50.2 Å². The van der Waals surface area contributed by atoms with Gasteiger partial charge in [0.25, 0.3) is 0 Å². The van der Waals surface area contributed by atoms with Gasteiger partial charge in [0, 0.05) is 23.5 Å². The molecule has 0 amide bonds. The molecule has 0 bridgehead atoms. The lowest BCUT2D eigenvalue weighted by molar-refractivity contribution is 0.0953. The van der Waals surface area contributed by atoms with Gasteiger partial charge in [-0.15, -0.1) is 10.2 Å². The van der Waals surface area contributed by atoms with Gasteiger partial charge in [-0.25, -0.2) is 0 Å². The highest BCUT2D eigenvalue weighted by atomic mass is 32.2. The van der Waals surface area contributed by atoms with Crippen LogP contribution in [0.25, 0.3) is 11.4 Å². The van der Waals surface area contributed by atoms with E-state index in [1.54, 1.807) is 18.9 Å². The van der Waals surface area contributed by atoms with Crippen molar-refractivity contribution in [1.82, 2.24) is 19.9 Å². The molecule has 1 atom stereocenters. The van der Waals surface area contributed by atoms with E-state index in [9.17, 15) is 0 Å². The van der Waals surface area contributed by atoms with E-state index in [0.717, 1.165) is 71.1 Å². The molecular weight excluding hydrogens is 376 g/mol. The van der Waals surface area contributed by atoms with Crippen LogP contribution >= 0.6 is 11.8 Å². The Morgan fingerprint density at radius 3 is 2.68 bits per heavy atom. The monoisotopic (exact) mass is 400 g/mol. The van der Waals surface area contributed by atoms with Gasteiger partial charge in [-0.05, 0) is 51.0 Å². The van der Waals surface area contributed by atoms with Crippen molar-refractivity contribution in [3.63, 3.8) is 0 Å². The first kappa shape index (κ1) is 19.0. The number of ether oxygens (including phenoxy) is 2. The van der Waals surface area contributed by atoms with E-state index in [0.29, 0.717) is 0 Å². The third-order valence-corrected chi connectivity index (χ3v) is 6.00. The summed E-state index contributed by atoms with van der Waals surface area (Å²) < 4.78 is 18.6. The fourth-order valence-electron chi connectivity index (χ4n) is 3.35. The summed E-state index contributed by atoms with van der Waals surface area (Å²) >= 11 is 1.65. The molecule has 148 valence electrons. The van der Waals surface area contributed by atoms with Crippen LogP contribution in [0.2, 0.25) is 0 Å². The molecule has 1 saturated heterocycles. The Morgan fingerprint density at radius 2 is 2.04 bits per heavy atom. The maximum atomic E-state index is 5.87. The van der Waals surface area contributed by atoms with Gasteiger partial charge in [0.2, 0.25) is 0 Å². The van der Waals surface area contributed by atoms with Crippen LogP contribution in [0.4, 0.5) is 0 Å². The summed E-state index contributed by atoms with van der Waals surface area (Å²) in [4.78, 5) is 0. The fraction of sp³-hybridized carbons (Fsp3) is 0.450. The van der Waals surface area contributed by atoms with Crippen LogP contribution in [-0.4, -0.2) is 39.7 Å². The van der Waals surface area contributed by atoms with Crippen molar-refractivity contribution in [3.8, 4) is 17.1 Å². The smallest absolute Gasteiger partial charge is 0.191 e. The zero-order chi connectivity index (χ0) is 19.5. The highest BCUT2D eigenvalue weighted by molar-refractivity contribution is 7.98. The Morgan fingerprint density at radius 1 is 1.21 bits per heavy atom. The predicted octanol–water partition coefficient (Wildman–Crippen LogP) is 4.03. The number of aromatic nitrogens is 4. The average molecular weight is 401 g/mol. The summed E-state index contributed by atoms with van der Waals surface area (Å²) in [5, 5.41) is 13.9. The molecule has 0 N–H and O–H groups in total. The largest absolute Gasteiger partial charge is 0.497 e. The Balaban J connectivity index is 1.62. The number of methoxy groups -OCH3 is 1. The lowest BCUT2D eigenvalue weighted by atomic mass is 10.2. The minimum Gasteiger partial charge on any atom is -0.497 e. The van der Waals surface area contributed by atoms with E-state index < -0.39 is 0 Å². The summed E-state index contributed by atoms with van der Waals surface area (Å²) in [7, 11) is 1.67. The molecule has 3 aromatic rings. The highest BCUT2D eigenvalue weighted by Gasteiger charge is 2.22. The van der Waals surface area contributed by atoms with Gasteiger partial charge < -0.3 is 14.0 Å². The predicted molar refractivity (Wildman–Crippen MR) is 107 cm³/mol. The first-order valence-corrected chi connectivity index (χ1v) is 10.4. The molecule has 1 aliphatic rings. The molecule has 28 heavy (non-hydrogen) atoms. The van der Waals surface area contributed by atoms with E-state index in [2.05, 4.69) is 19.9 Å². The van der Waals surface area contributed by atoms with Crippen molar-refractivity contribution >= 4 is 11.8 Å². The molecule has 3 heterocycles. The van der Waals surface area contributed by atoms with Crippen LogP contribution < -0.4 is 4.74 Å². The van der Waals surface area contributed by atoms with E-state index in [1.807, 2.05) is 38.1 Å². The molecule has 2 aromatic heterocycles. The molecule has 8 heteroatoms. The summed E-state index contributed by atoms with van der Waals surface area (Å²) in [5.74, 6) is 3.26. The number of rotatable bonds is 7. The minimum atomic E-state index is 0.200. The van der Waals surface area contributed by atoms with Crippen molar-refractivity contribution in [2.75, 3.05) is 13.7 Å². The number of aryl methyl sites for hydroxylation is 2. The second kappa shape index (κ2) is 8.36. The van der Waals surface area contributed by atoms with E-state index in [4.69, 9.17) is 14.0 Å². The van der Waals surface area contributed by atoms with E-state index in [-0.39, 0.29) is 6.10 Å². The van der Waals surface area contributed by atoms with Crippen LogP contribution in [0, 0.1) is 13.8 Å². The Bertz CT molecular complexity index is 910. The molecule has 0 spiro atoms. The molecule has 1 aromatic carbocycles. The molecule has 4 rings (SSSR count). The highest BCUT2D eigenvalue weighted by Crippen LogP contribution is 2.30. The fourth-order valence-corrected chi connectivity index (χ4v) is 4.45. The molecule has 0 aliphatic carbocycles. The molecule has 0 unspecified atom stereocenters. The SMILES string of the molecule is COc1ccc(-c2nnc(SCc3c(C)noc3C)n2C[C@@H]2CCCO2)cc1.